The zero-order valence-electron chi connectivity index (χ0n) is 19.2. The van der Waals surface area contributed by atoms with Crippen LogP contribution in [0.4, 0.5) is 5.95 Å². The molecule has 3 heterocycles. The van der Waals surface area contributed by atoms with E-state index in [1.807, 2.05) is 13.1 Å². The van der Waals surface area contributed by atoms with Crippen molar-refractivity contribution in [2.75, 3.05) is 77.4 Å². The van der Waals surface area contributed by atoms with Gasteiger partial charge in [-0.25, -0.2) is 9.97 Å². The van der Waals surface area contributed by atoms with E-state index in [1.54, 1.807) is 12.4 Å². The van der Waals surface area contributed by atoms with Gasteiger partial charge in [-0.05, 0) is 24.6 Å². The summed E-state index contributed by atoms with van der Waals surface area (Å²) in [5.41, 5.74) is 1.41. The first-order chi connectivity index (χ1) is 15.8. The summed E-state index contributed by atoms with van der Waals surface area (Å²) in [6.45, 7) is 11.5. The largest absolute Gasteiger partial charge is 0.356 e. The van der Waals surface area contributed by atoms with E-state index in [0.717, 1.165) is 90.3 Å². The predicted molar refractivity (Wildman–Crippen MR) is 130 cm³/mol. The minimum Gasteiger partial charge on any atom is -0.356 e. The summed E-state index contributed by atoms with van der Waals surface area (Å²) in [7, 11) is 1.88. The molecule has 4 rings (SSSR count). The Bertz CT molecular complexity index is 812. The van der Waals surface area contributed by atoms with Gasteiger partial charge >= 0.3 is 0 Å². The van der Waals surface area contributed by atoms with Gasteiger partial charge in [0.25, 0.3) is 0 Å². The number of piperazine rings is 2. The monoisotopic (exact) mass is 436 g/mol. The van der Waals surface area contributed by atoms with Crippen molar-refractivity contribution in [3.8, 4) is 0 Å². The summed E-state index contributed by atoms with van der Waals surface area (Å²) in [6, 6.07) is 12.6. The van der Waals surface area contributed by atoms with Gasteiger partial charge in [-0.15, -0.1) is 0 Å². The van der Waals surface area contributed by atoms with Crippen molar-refractivity contribution in [2.24, 2.45) is 4.99 Å². The average Bonchev–Trinajstić information content (AvgIpc) is 2.86. The molecule has 0 bridgehead atoms. The van der Waals surface area contributed by atoms with Crippen molar-refractivity contribution in [3.05, 3.63) is 54.4 Å². The molecule has 2 aromatic rings. The van der Waals surface area contributed by atoms with Crippen LogP contribution >= 0.6 is 0 Å². The molecule has 1 aromatic carbocycles. The first kappa shape index (κ1) is 22.5. The summed E-state index contributed by atoms with van der Waals surface area (Å²) in [5.74, 6) is 1.82. The number of anilines is 1. The van der Waals surface area contributed by atoms with Crippen LogP contribution in [-0.2, 0) is 6.54 Å². The van der Waals surface area contributed by atoms with E-state index in [9.17, 15) is 0 Å². The number of aromatic nitrogens is 2. The zero-order chi connectivity index (χ0) is 22.0. The minimum absolute atomic E-state index is 0.818. The van der Waals surface area contributed by atoms with E-state index in [2.05, 4.69) is 70.2 Å². The van der Waals surface area contributed by atoms with Gasteiger partial charge in [0, 0.05) is 84.9 Å². The van der Waals surface area contributed by atoms with Crippen molar-refractivity contribution in [3.63, 3.8) is 0 Å². The molecule has 8 nitrogen and oxygen atoms in total. The maximum Gasteiger partial charge on any atom is 0.225 e. The molecule has 8 heteroatoms. The number of nitrogens with zero attached hydrogens (tertiary/aromatic N) is 7. The molecule has 0 atom stereocenters. The summed E-state index contributed by atoms with van der Waals surface area (Å²) < 4.78 is 0. The van der Waals surface area contributed by atoms with E-state index < -0.39 is 0 Å². The lowest BCUT2D eigenvalue weighted by Gasteiger charge is -2.36. The van der Waals surface area contributed by atoms with Crippen LogP contribution in [-0.4, -0.2) is 103 Å². The molecule has 0 aliphatic carbocycles. The number of nitrogens with one attached hydrogen (secondary N) is 1. The molecule has 2 aliphatic heterocycles. The molecule has 0 unspecified atom stereocenters. The quantitative estimate of drug-likeness (QED) is 0.400. The highest BCUT2D eigenvalue weighted by atomic mass is 15.4. The Balaban J connectivity index is 1.11. The molecule has 32 heavy (non-hydrogen) atoms. The van der Waals surface area contributed by atoms with Crippen molar-refractivity contribution < 1.29 is 0 Å². The van der Waals surface area contributed by atoms with Gasteiger partial charge in [-0.1, -0.05) is 30.3 Å². The van der Waals surface area contributed by atoms with E-state index >= 15 is 0 Å². The third-order valence-electron chi connectivity index (χ3n) is 6.27. The number of benzene rings is 1. The summed E-state index contributed by atoms with van der Waals surface area (Å²) in [5, 5.41) is 3.56. The van der Waals surface area contributed by atoms with E-state index in [-0.39, 0.29) is 0 Å². The Morgan fingerprint density at radius 3 is 2.25 bits per heavy atom. The molecule has 1 N–H and O–H groups in total. The highest BCUT2D eigenvalue weighted by molar-refractivity contribution is 5.80. The van der Waals surface area contributed by atoms with Crippen molar-refractivity contribution in [1.29, 1.82) is 0 Å². The van der Waals surface area contributed by atoms with E-state index in [1.165, 1.54) is 5.56 Å². The van der Waals surface area contributed by atoms with Gasteiger partial charge in [-0.2, -0.15) is 0 Å². The molecular weight excluding hydrogens is 400 g/mol. The van der Waals surface area contributed by atoms with Gasteiger partial charge in [0.1, 0.15) is 0 Å². The maximum absolute atomic E-state index is 4.51. The molecular formula is C24H36N8. The molecule has 0 saturated carbocycles. The number of hydrogen-bond acceptors (Lipinski definition) is 6. The van der Waals surface area contributed by atoms with Crippen molar-refractivity contribution in [2.45, 2.75) is 13.0 Å². The summed E-state index contributed by atoms with van der Waals surface area (Å²) in [6.07, 6.45) is 4.74. The van der Waals surface area contributed by atoms with Crippen LogP contribution in [0.3, 0.4) is 0 Å². The number of aliphatic imine (C=N–C) groups is 1. The Labute approximate surface area is 192 Å². The number of guanidine groups is 1. The van der Waals surface area contributed by atoms with Crippen LogP contribution in [0.1, 0.15) is 12.0 Å². The number of hydrogen-bond donors (Lipinski definition) is 1. The lowest BCUT2D eigenvalue weighted by Crippen LogP contribution is -2.53. The molecule has 2 saturated heterocycles. The third kappa shape index (κ3) is 6.40. The van der Waals surface area contributed by atoms with E-state index in [4.69, 9.17) is 0 Å². The lowest BCUT2D eigenvalue weighted by molar-refractivity contribution is 0.126. The second-order valence-corrected chi connectivity index (χ2v) is 8.45. The third-order valence-corrected chi connectivity index (χ3v) is 6.27. The highest BCUT2D eigenvalue weighted by Crippen LogP contribution is 2.10. The standard InChI is InChI=1S/C24H36N8/c1-25-23(31-17-19-32(20-18-31)24-27-9-5-10-28-24)26-11-6-12-29-13-15-30(16-14-29)21-22-7-3-2-4-8-22/h2-5,7-10H,6,11-21H2,1H3,(H,25,26). The lowest BCUT2D eigenvalue weighted by atomic mass is 10.2. The van der Waals surface area contributed by atoms with Crippen LogP contribution in [0.5, 0.6) is 0 Å². The summed E-state index contributed by atoms with van der Waals surface area (Å²) >= 11 is 0. The summed E-state index contributed by atoms with van der Waals surface area (Å²) in [4.78, 5) is 23.0. The fourth-order valence-electron chi connectivity index (χ4n) is 4.42. The van der Waals surface area contributed by atoms with Gasteiger partial charge < -0.3 is 20.0 Å². The fraction of sp³-hybridized carbons (Fsp3) is 0.542. The molecule has 1 aromatic heterocycles. The van der Waals surface area contributed by atoms with Crippen LogP contribution in [0, 0.1) is 0 Å². The van der Waals surface area contributed by atoms with Gasteiger partial charge in [0.05, 0.1) is 0 Å². The number of rotatable bonds is 7. The predicted octanol–water partition coefficient (Wildman–Crippen LogP) is 1.38. The van der Waals surface area contributed by atoms with Crippen LogP contribution in [0.25, 0.3) is 0 Å². The first-order valence-electron chi connectivity index (χ1n) is 11.8. The SMILES string of the molecule is CN=C(NCCCN1CCN(Cc2ccccc2)CC1)N1CCN(c2ncccn2)CC1. The first-order valence-corrected chi connectivity index (χ1v) is 11.8. The molecule has 0 spiro atoms. The topological polar surface area (TPSA) is 63.1 Å². The smallest absolute Gasteiger partial charge is 0.225 e. The normalized spacial score (nSPS) is 18.7. The zero-order valence-corrected chi connectivity index (χ0v) is 19.2. The van der Waals surface area contributed by atoms with Crippen molar-refractivity contribution >= 4 is 11.9 Å². The van der Waals surface area contributed by atoms with Crippen molar-refractivity contribution in [1.82, 2.24) is 30.0 Å². The Kier molecular flexibility index (Phi) is 8.28. The molecule has 0 amide bonds. The average molecular weight is 437 g/mol. The van der Waals surface area contributed by atoms with Crippen LogP contribution < -0.4 is 10.2 Å². The van der Waals surface area contributed by atoms with Crippen LogP contribution in [0.2, 0.25) is 0 Å². The highest BCUT2D eigenvalue weighted by Gasteiger charge is 2.21. The fourth-order valence-corrected chi connectivity index (χ4v) is 4.42. The Morgan fingerprint density at radius 1 is 0.875 bits per heavy atom. The second-order valence-electron chi connectivity index (χ2n) is 8.45. The van der Waals surface area contributed by atoms with Crippen LogP contribution in [0.15, 0.2) is 53.8 Å². The molecule has 0 radical (unpaired) electrons. The minimum atomic E-state index is 0.818. The van der Waals surface area contributed by atoms with E-state index in [0.29, 0.717) is 0 Å². The maximum atomic E-state index is 4.51. The Hall–Kier alpha value is -2.71. The molecule has 2 aliphatic rings. The molecule has 172 valence electrons. The van der Waals surface area contributed by atoms with Gasteiger partial charge in [0.2, 0.25) is 5.95 Å². The second kappa shape index (κ2) is 11.8. The molecule has 2 fully saturated rings. The van der Waals surface area contributed by atoms with Gasteiger partial charge in [0.15, 0.2) is 5.96 Å². The Morgan fingerprint density at radius 2 is 1.56 bits per heavy atom. The van der Waals surface area contributed by atoms with Gasteiger partial charge in [-0.3, -0.25) is 9.89 Å².